The van der Waals surface area contributed by atoms with Crippen LogP contribution in [0.3, 0.4) is 0 Å². The predicted octanol–water partition coefficient (Wildman–Crippen LogP) is 2.36. The van der Waals surface area contributed by atoms with E-state index in [9.17, 15) is 19.2 Å². The molecule has 14 nitrogen and oxygen atoms in total. The van der Waals surface area contributed by atoms with Crippen molar-refractivity contribution in [1.82, 2.24) is 10.5 Å². The average Bonchev–Trinajstić information content (AvgIpc) is 3.83. The van der Waals surface area contributed by atoms with Gasteiger partial charge in [0, 0.05) is 32.7 Å². The molecule has 4 atom stereocenters. The van der Waals surface area contributed by atoms with Gasteiger partial charge in [-0.2, -0.15) is 0 Å². The number of hydrogen-bond acceptors (Lipinski definition) is 14. The second-order valence-corrected chi connectivity index (χ2v) is 10.9. The van der Waals surface area contributed by atoms with Gasteiger partial charge in [0.1, 0.15) is 0 Å². The van der Waals surface area contributed by atoms with Crippen LogP contribution >= 0.6 is 0 Å². The van der Waals surface area contributed by atoms with E-state index < -0.39 is 23.9 Å². The molecule has 242 valence electrons. The van der Waals surface area contributed by atoms with E-state index in [-0.39, 0.29) is 59.8 Å². The van der Waals surface area contributed by atoms with Crippen LogP contribution in [0.1, 0.15) is 53.4 Å². The number of hydrogen-bond donors (Lipinski definition) is 0. The SMILES string of the molecule is CC(=CCC1CO1)C(=O)ON(CCN(OC(=O)C(C)=CCC1CO1)OC(=O)C(C)=CCC1CO1)OC(=O)C(C)=CCC1CO1. The zero-order chi connectivity index (χ0) is 31.6. The van der Waals surface area contributed by atoms with E-state index in [4.69, 9.17) is 38.3 Å². The largest absolute Gasteiger partial charge is 0.373 e. The number of ether oxygens (including phenoxy) is 4. The summed E-state index contributed by atoms with van der Waals surface area (Å²) >= 11 is 0. The summed E-state index contributed by atoms with van der Waals surface area (Å²) in [6, 6.07) is 0. The molecule has 4 fully saturated rings. The van der Waals surface area contributed by atoms with E-state index in [1.165, 1.54) is 0 Å². The highest BCUT2D eigenvalue weighted by atomic mass is 17.0. The Bertz CT molecular complexity index is 1010. The van der Waals surface area contributed by atoms with E-state index in [1.54, 1.807) is 52.0 Å². The molecular formula is C30H40N2O12. The molecule has 14 heteroatoms. The summed E-state index contributed by atoms with van der Waals surface area (Å²) < 4.78 is 20.7. The smallest absolute Gasteiger partial charge is 0.355 e. The van der Waals surface area contributed by atoms with Crippen LogP contribution in [0.5, 0.6) is 0 Å². The summed E-state index contributed by atoms with van der Waals surface area (Å²) in [6.45, 7) is 8.03. The Morgan fingerprint density at radius 3 is 0.886 bits per heavy atom. The maximum absolute atomic E-state index is 12.8. The monoisotopic (exact) mass is 620 g/mol. The molecule has 44 heavy (non-hydrogen) atoms. The maximum atomic E-state index is 12.8. The highest BCUT2D eigenvalue weighted by Gasteiger charge is 2.28. The lowest BCUT2D eigenvalue weighted by Gasteiger charge is -2.24. The molecule has 0 amide bonds. The Kier molecular flexibility index (Phi) is 12.2. The molecule has 0 spiro atoms. The quantitative estimate of drug-likeness (QED) is 0.117. The number of hydroxylamine groups is 4. The number of epoxide rings is 4. The fourth-order valence-corrected chi connectivity index (χ4v) is 3.42. The Morgan fingerprint density at radius 1 is 0.500 bits per heavy atom. The van der Waals surface area contributed by atoms with Crippen LogP contribution in [0.2, 0.25) is 0 Å². The molecule has 0 N–H and O–H groups in total. The average molecular weight is 621 g/mol. The Labute approximate surface area is 255 Å². The number of carbonyl (C=O) groups excluding carboxylic acids is 4. The van der Waals surface area contributed by atoms with Gasteiger partial charge in [-0.3, -0.25) is 0 Å². The second kappa shape index (κ2) is 16.1. The minimum atomic E-state index is -0.769. The molecule has 0 aromatic heterocycles. The highest BCUT2D eigenvalue weighted by molar-refractivity contribution is 5.89. The van der Waals surface area contributed by atoms with Crippen molar-refractivity contribution in [3.63, 3.8) is 0 Å². The minimum absolute atomic E-state index is 0.0662. The van der Waals surface area contributed by atoms with Gasteiger partial charge < -0.3 is 38.3 Å². The van der Waals surface area contributed by atoms with Crippen LogP contribution in [0.15, 0.2) is 46.6 Å². The first-order valence-corrected chi connectivity index (χ1v) is 14.6. The second-order valence-electron chi connectivity index (χ2n) is 10.9. The first-order chi connectivity index (χ1) is 21.1. The minimum Gasteiger partial charge on any atom is -0.373 e. The zero-order valence-electron chi connectivity index (χ0n) is 25.5. The van der Waals surface area contributed by atoms with Crippen molar-refractivity contribution in [1.29, 1.82) is 0 Å². The third-order valence-electron chi connectivity index (χ3n) is 6.85. The van der Waals surface area contributed by atoms with Crippen LogP contribution in [0, 0.1) is 0 Å². The normalized spacial score (nSPS) is 24.6. The van der Waals surface area contributed by atoms with Gasteiger partial charge in [0.15, 0.2) is 0 Å². The number of nitrogens with zero attached hydrogens (tertiary/aromatic N) is 2. The van der Waals surface area contributed by atoms with Crippen molar-refractivity contribution in [2.45, 2.75) is 77.8 Å². The molecule has 4 saturated heterocycles. The highest BCUT2D eigenvalue weighted by Crippen LogP contribution is 2.19. The summed E-state index contributed by atoms with van der Waals surface area (Å²) in [5, 5.41) is 1.32. The lowest BCUT2D eigenvalue weighted by molar-refractivity contribution is -0.353. The molecular weight excluding hydrogens is 580 g/mol. The van der Waals surface area contributed by atoms with E-state index in [1.807, 2.05) is 0 Å². The molecule has 0 aromatic carbocycles. The number of rotatable bonds is 19. The Morgan fingerprint density at radius 2 is 0.705 bits per heavy atom. The van der Waals surface area contributed by atoms with E-state index in [0.29, 0.717) is 62.6 Å². The molecule has 0 saturated carbocycles. The van der Waals surface area contributed by atoms with Crippen LogP contribution in [-0.4, -0.2) is 98.3 Å². The Balaban J connectivity index is 1.42. The first-order valence-electron chi connectivity index (χ1n) is 14.6. The predicted molar refractivity (Wildman–Crippen MR) is 150 cm³/mol. The molecule has 4 aliphatic heterocycles. The van der Waals surface area contributed by atoms with E-state index in [0.717, 1.165) is 0 Å². The Hall–Kier alpha value is -3.40. The summed E-state index contributed by atoms with van der Waals surface area (Å²) in [4.78, 5) is 72.6. The molecule has 4 unspecified atom stereocenters. The van der Waals surface area contributed by atoms with Crippen molar-refractivity contribution in [3.8, 4) is 0 Å². The van der Waals surface area contributed by atoms with Gasteiger partial charge >= 0.3 is 23.9 Å². The molecule has 4 aliphatic rings. The van der Waals surface area contributed by atoms with Gasteiger partial charge in [0.25, 0.3) is 0 Å². The van der Waals surface area contributed by atoms with Crippen molar-refractivity contribution >= 4 is 23.9 Å². The fraction of sp³-hybridized carbons (Fsp3) is 0.600. The van der Waals surface area contributed by atoms with Crippen LogP contribution < -0.4 is 0 Å². The van der Waals surface area contributed by atoms with Gasteiger partial charge in [-0.25, -0.2) is 19.2 Å². The third-order valence-corrected chi connectivity index (χ3v) is 6.85. The van der Waals surface area contributed by atoms with Crippen molar-refractivity contribution in [3.05, 3.63) is 46.6 Å². The molecule has 4 heterocycles. The summed E-state index contributed by atoms with van der Waals surface area (Å²) in [5.41, 5.74) is 1.09. The van der Waals surface area contributed by atoms with Crippen LogP contribution in [-0.2, 0) is 57.5 Å². The van der Waals surface area contributed by atoms with Gasteiger partial charge in [0.05, 0.1) is 63.9 Å². The van der Waals surface area contributed by atoms with Gasteiger partial charge in [0.2, 0.25) is 0 Å². The van der Waals surface area contributed by atoms with E-state index >= 15 is 0 Å². The summed E-state index contributed by atoms with van der Waals surface area (Å²) in [6.07, 6.45) is 9.06. The lowest BCUT2D eigenvalue weighted by Crippen LogP contribution is -2.40. The van der Waals surface area contributed by atoms with Crippen LogP contribution in [0.25, 0.3) is 0 Å². The lowest BCUT2D eigenvalue weighted by atomic mass is 10.2. The summed E-state index contributed by atoms with van der Waals surface area (Å²) in [5.74, 6) is -3.08. The molecule has 0 radical (unpaired) electrons. The topological polar surface area (TPSA) is 162 Å². The molecule has 0 aromatic rings. The molecule has 0 bridgehead atoms. The standard InChI is InChI=1S/C30H40N2O12/c1-19(5-9-23-15-37-23)27(33)41-31(42-28(34)20(2)6-10-24-16-38-24)13-14-32(43-29(35)21(3)7-11-25-17-39-25)44-30(36)22(4)8-12-26-18-40-26/h5-8,23-26H,9-18H2,1-4H3. The van der Waals surface area contributed by atoms with Crippen LogP contribution in [0.4, 0.5) is 0 Å². The summed E-state index contributed by atoms with van der Waals surface area (Å²) in [7, 11) is 0. The van der Waals surface area contributed by atoms with Gasteiger partial charge in [-0.15, -0.1) is 0 Å². The van der Waals surface area contributed by atoms with Crippen molar-refractivity contribution in [2.24, 2.45) is 0 Å². The molecule has 0 aliphatic carbocycles. The zero-order valence-corrected chi connectivity index (χ0v) is 25.5. The van der Waals surface area contributed by atoms with E-state index in [2.05, 4.69) is 0 Å². The molecule has 4 rings (SSSR count). The van der Waals surface area contributed by atoms with Crippen molar-refractivity contribution in [2.75, 3.05) is 39.5 Å². The van der Waals surface area contributed by atoms with Crippen molar-refractivity contribution < 1.29 is 57.5 Å². The van der Waals surface area contributed by atoms with Gasteiger partial charge in [-0.05, 0) is 53.4 Å². The van der Waals surface area contributed by atoms with Gasteiger partial charge in [-0.1, -0.05) is 24.3 Å². The maximum Gasteiger partial charge on any atom is 0.355 e. The number of carbonyl (C=O) groups is 4. The first kappa shape index (κ1) is 33.5. The fourth-order valence-electron chi connectivity index (χ4n) is 3.42. The third kappa shape index (κ3) is 12.7.